The number of carbonyl (C=O) groups excluding carboxylic acids is 1. The van der Waals surface area contributed by atoms with E-state index in [2.05, 4.69) is 5.16 Å². The van der Waals surface area contributed by atoms with E-state index in [1.165, 1.54) is 5.06 Å². The van der Waals surface area contributed by atoms with Gasteiger partial charge in [-0.3, -0.25) is 9.63 Å². The van der Waals surface area contributed by atoms with Gasteiger partial charge in [0.2, 0.25) is 6.41 Å². The molecule has 2 aromatic rings. The molecule has 0 aliphatic heterocycles. The molecule has 1 aromatic carbocycles. The van der Waals surface area contributed by atoms with Crippen molar-refractivity contribution in [2.75, 3.05) is 13.2 Å². The van der Waals surface area contributed by atoms with Gasteiger partial charge in [0.05, 0.1) is 12.1 Å². The fourth-order valence-electron chi connectivity index (χ4n) is 1.78. The molecule has 6 nitrogen and oxygen atoms in total. The van der Waals surface area contributed by atoms with Crippen molar-refractivity contribution in [3.63, 3.8) is 0 Å². The first kappa shape index (κ1) is 16.0. The van der Waals surface area contributed by atoms with Crippen LogP contribution in [0.3, 0.4) is 0 Å². The van der Waals surface area contributed by atoms with Gasteiger partial charge >= 0.3 is 0 Å². The minimum absolute atomic E-state index is 0.260. The molecule has 1 heterocycles. The zero-order valence-corrected chi connectivity index (χ0v) is 13.0. The Labute approximate surface area is 129 Å². The number of rotatable bonds is 7. The van der Waals surface area contributed by atoms with Crippen molar-refractivity contribution in [3.05, 3.63) is 36.4 Å². The maximum Gasteiger partial charge on any atom is 0.254 e. The first-order valence-corrected chi connectivity index (χ1v) is 7.04. The van der Waals surface area contributed by atoms with E-state index in [1.807, 2.05) is 51.1 Å². The number of benzene rings is 1. The number of carbonyl (C=O) groups is 1. The molecule has 2 rings (SSSR count). The lowest BCUT2D eigenvalue weighted by molar-refractivity contribution is -0.217. The number of hydrogen-bond acceptors (Lipinski definition) is 5. The molecule has 1 aromatic heterocycles. The van der Waals surface area contributed by atoms with E-state index in [4.69, 9.17) is 14.1 Å². The van der Waals surface area contributed by atoms with Crippen molar-refractivity contribution in [2.45, 2.75) is 26.4 Å². The van der Waals surface area contributed by atoms with Crippen LogP contribution in [0.2, 0.25) is 0 Å². The highest BCUT2D eigenvalue weighted by Crippen LogP contribution is 2.23. The first-order valence-electron chi connectivity index (χ1n) is 7.04. The lowest BCUT2D eigenvalue weighted by atomic mass is 10.2. The summed E-state index contributed by atoms with van der Waals surface area (Å²) in [5.41, 5.74) is 0.491. The van der Waals surface area contributed by atoms with Crippen molar-refractivity contribution >= 4 is 6.41 Å². The Balaban J connectivity index is 1.85. The topological polar surface area (TPSA) is 64.8 Å². The first-order chi connectivity index (χ1) is 10.5. The molecule has 0 fully saturated rings. The highest BCUT2D eigenvalue weighted by atomic mass is 16.7. The van der Waals surface area contributed by atoms with Gasteiger partial charge in [0.1, 0.15) is 6.61 Å². The van der Waals surface area contributed by atoms with Gasteiger partial charge in [-0.2, -0.15) is 0 Å². The zero-order chi connectivity index (χ0) is 16.0. The maximum absolute atomic E-state index is 10.9. The SMILES string of the molecule is CC(C)(C)ON(C=O)CCOc1cc(-c2ccccc2)on1. The minimum atomic E-state index is -0.435. The standard InChI is InChI=1S/C16H20N2O4/c1-16(2,3)22-18(12-19)9-10-20-15-11-14(21-17-15)13-7-5-4-6-8-13/h4-8,11-12H,9-10H2,1-3H3. The third-order valence-electron chi connectivity index (χ3n) is 2.62. The van der Waals surface area contributed by atoms with Crippen LogP contribution in [-0.4, -0.2) is 35.4 Å². The fourth-order valence-corrected chi connectivity index (χ4v) is 1.78. The lowest BCUT2D eigenvalue weighted by Gasteiger charge is -2.26. The summed E-state index contributed by atoms with van der Waals surface area (Å²) in [7, 11) is 0. The summed E-state index contributed by atoms with van der Waals surface area (Å²) in [5.74, 6) is 1.01. The van der Waals surface area contributed by atoms with E-state index in [0.29, 0.717) is 24.6 Å². The van der Waals surface area contributed by atoms with E-state index in [1.54, 1.807) is 6.07 Å². The van der Waals surface area contributed by atoms with Crippen LogP contribution in [0.25, 0.3) is 11.3 Å². The molecular formula is C16H20N2O4. The molecule has 0 saturated carbocycles. The minimum Gasteiger partial charge on any atom is -0.474 e. The average molecular weight is 304 g/mol. The molecule has 0 saturated heterocycles. The summed E-state index contributed by atoms with van der Waals surface area (Å²) in [5, 5.41) is 5.05. The molecule has 0 N–H and O–H groups in total. The third-order valence-corrected chi connectivity index (χ3v) is 2.62. The van der Waals surface area contributed by atoms with Crippen molar-refractivity contribution in [1.29, 1.82) is 0 Å². The number of amides is 1. The maximum atomic E-state index is 10.9. The van der Waals surface area contributed by atoms with E-state index in [-0.39, 0.29) is 6.61 Å². The van der Waals surface area contributed by atoms with Crippen LogP contribution >= 0.6 is 0 Å². The average Bonchev–Trinajstić information content (AvgIpc) is 2.95. The Kier molecular flexibility index (Phi) is 5.16. The third kappa shape index (κ3) is 4.89. The van der Waals surface area contributed by atoms with Crippen LogP contribution < -0.4 is 4.74 Å². The lowest BCUT2D eigenvalue weighted by Crippen LogP contribution is -2.35. The van der Waals surface area contributed by atoms with Crippen molar-refractivity contribution < 1.29 is 18.9 Å². The van der Waals surface area contributed by atoms with Crippen molar-refractivity contribution in [3.8, 4) is 17.2 Å². The van der Waals surface area contributed by atoms with Gasteiger partial charge in [-0.25, -0.2) is 5.06 Å². The molecule has 0 atom stereocenters. The molecule has 0 radical (unpaired) electrons. The van der Waals surface area contributed by atoms with Crippen molar-refractivity contribution in [1.82, 2.24) is 10.2 Å². The second kappa shape index (κ2) is 7.09. The van der Waals surface area contributed by atoms with E-state index >= 15 is 0 Å². The van der Waals surface area contributed by atoms with E-state index < -0.39 is 5.60 Å². The molecule has 6 heteroatoms. The second-order valence-electron chi connectivity index (χ2n) is 5.69. The van der Waals surface area contributed by atoms with Gasteiger partial charge in [-0.1, -0.05) is 30.3 Å². The molecule has 0 bridgehead atoms. The number of nitrogens with zero attached hydrogens (tertiary/aromatic N) is 2. The molecule has 0 aliphatic rings. The quantitative estimate of drug-likeness (QED) is 0.581. The molecular weight excluding hydrogens is 284 g/mol. The van der Waals surface area contributed by atoms with E-state index in [9.17, 15) is 4.79 Å². The Morgan fingerprint density at radius 1 is 1.27 bits per heavy atom. The highest BCUT2D eigenvalue weighted by Gasteiger charge is 2.16. The normalized spacial score (nSPS) is 11.2. The summed E-state index contributed by atoms with van der Waals surface area (Å²) < 4.78 is 10.7. The van der Waals surface area contributed by atoms with Crippen LogP contribution in [0.4, 0.5) is 0 Å². The van der Waals surface area contributed by atoms with Crippen LogP contribution in [0, 0.1) is 0 Å². The molecule has 0 aliphatic carbocycles. The van der Waals surface area contributed by atoms with Gasteiger partial charge in [0.15, 0.2) is 5.76 Å². The smallest absolute Gasteiger partial charge is 0.254 e. The Morgan fingerprint density at radius 3 is 2.64 bits per heavy atom. The molecule has 0 unspecified atom stereocenters. The summed E-state index contributed by atoms with van der Waals surface area (Å²) in [6, 6.07) is 11.3. The van der Waals surface area contributed by atoms with Gasteiger partial charge in [-0.05, 0) is 25.9 Å². The number of ether oxygens (including phenoxy) is 1. The second-order valence-corrected chi connectivity index (χ2v) is 5.69. The predicted octanol–water partition coefficient (Wildman–Crippen LogP) is 2.91. The van der Waals surface area contributed by atoms with Gasteiger partial charge in [0.25, 0.3) is 5.88 Å². The van der Waals surface area contributed by atoms with Crippen LogP contribution in [0.15, 0.2) is 40.9 Å². The molecule has 0 spiro atoms. The number of hydrogen-bond donors (Lipinski definition) is 0. The van der Waals surface area contributed by atoms with E-state index in [0.717, 1.165) is 5.56 Å². The molecule has 1 amide bonds. The van der Waals surface area contributed by atoms with Gasteiger partial charge in [0, 0.05) is 11.6 Å². The Hall–Kier alpha value is -2.34. The molecule has 22 heavy (non-hydrogen) atoms. The van der Waals surface area contributed by atoms with Crippen LogP contribution in [0.5, 0.6) is 5.88 Å². The Morgan fingerprint density at radius 2 is 2.00 bits per heavy atom. The predicted molar refractivity (Wildman–Crippen MR) is 81.0 cm³/mol. The number of aromatic nitrogens is 1. The van der Waals surface area contributed by atoms with Crippen LogP contribution in [0.1, 0.15) is 20.8 Å². The summed E-state index contributed by atoms with van der Waals surface area (Å²) in [6.45, 7) is 6.17. The highest BCUT2D eigenvalue weighted by molar-refractivity contribution is 5.57. The molecule has 118 valence electrons. The van der Waals surface area contributed by atoms with Crippen molar-refractivity contribution in [2.24, 2.45) is 0 Å². The van der Waals surface area contributed by atoms with Crippen LogP contribution in [-0.2, 0) is 9.63 Å². The largest absolute Gasteiger partial charge is 0.474 e. The number of hydroxylamine groups is 2. The van der Waals surface area contributed by atoms with Gasteiger partial charge < -0.3 is 9.26 Å². The summed E-state index contributed by atoms with van der Waals surface area (Å²) in [4.78, 5) is 16.4. The summed E-state index contributed by atoms with van der Waals surface area (Å²) >= 11 is 0. The monoisotopic (exact) mass is 304 g/mol. The zero-order valence-electron chi connectivity index (χ0n) is 13.0. The van der Waals surface area contributed by atoms with Gasteiger partial charge in [-0.15, -0.1) is 0 Å². The Bertz CT molecular complexity index is 590. The fraction of sp³-hybridized carbons (Fsp3) is 0.375. The summed E-state index contributed by atoms with van der Waals surface area (Å²) in [6.07, 6.45) is 0.632.